The maximum Gasteiger partial charge on any atom is 0.307 e. The summed E-state index contributed by atoms with van der Waals surface area (Å²) in [7, 11) is 1.92. The van der Waals surface area contributed by atoms with Gasteiger partial charge in [0.25, 0.3) is 0 Å². The Bertz CT molecular complexity index is 639. The van der Waals surface area contributed by atoms with Gasteiger partial charge >= 0.3 is 4.87 Å². The zero-order valence-corrected chi connectivity index (χ0v) is 13.4. The van der Waals surface area contributed by atoms with E-state index in [4.69, 9.17) is 0 Å². The van der Waals surface area contributed by atoms with Crippen LogP contribution in [0.15, 0.2) is 9.27 Å². The minimum absolute atomic E-state index is 0.0937. The van der Waals surface area contributed by atoms with E-state index < -0.39 is 0 Å². The molecule has 0 radical (unpaired) electrons. The van der Waals surface area contributed by atoms with Crippen molar-refractivity contribution in [3.05, 3.63) is 36.1 Å². The molecule has 0 saturated carbocycles. The van der Waals surface area contributed by atoms with Gasteiger partial charge in [0, 0.05) is 17.6 Å². The summed E-state index contributed by atoms with van der Waals surface area (Å²) in [6, 6.07) is 0. The van der Waals surface area contributed by atoms with Gasteiger partial charge < -0.3 is 0 Å². The molecule has 0 aliphatic heterocycles. The SMILES string of the molecule is CCc1nn(C)c(Cn2c(C)c(C)sc2=O)c1Br. The van der Waals surface area contributed by atoms with E-state index in [2.05, 4.69) is 28.0 Å². The van der Waals surface area contributed by atoms with Crippen LogP contribution in [0.1, 0.15) is 28.9 Å². The largest absolute Gasteiger partial charge is 0.307 e. The van der Waals surface area contributed by atoms with Crippen molar-refractivity contribution in [2.45, 2.75) is 33.7 Å². The number of nitrogens with zero attached hydrogens (tertiary/aromatic N) is 3. The van der Waals surface area contributed by atoms with Gasteiger partial charge in [-0.05, 0) is 36.2 Å². The molecule has 2 aromatic rings. The lowest BCUT2D eigenvalue weighted by atomic mass is 10.3. The van der Waals surface area contributed by atoms with Crippen molar-refractivity contribution in [2.75, 3.05) is 0 Å². The van der Waals surface area contributed by atoms with Crippen molar-refractivity contribution in [1.29, 1.82) is 0 Å². The first-order valence-electron chi connectivity index (χ1n) is 5.82. The molecule has 0 unspecified atom stereocenters. The van der Waals surface area contributed by atoms with Gasteiger partial charge in [0.2, 0.25) is 0 Å². The maximum atomic E-state index is 11.9. The van der Waals surface area contributed by atoms with E-state index in [0.717, 1.165) is 32.9 Å². The van der Waals surface area contributed by atoms with E-state index in [1.54, 1.807) is 4.57 Å². The third-order valence-corrected chi connectivity index (χ3v) is 5.10. The van der Waals surface area contributed by atoms with Crippen LogP contribution in [0.4, 0.5) is 0 Å². The van der Waals surface area contributed by atoms with Crippen molar-refractivity contribution in [3.63, 3.8) is 0 Å². The van der Waals surface area contributed by atoms with Crippen LogP contribution < -0.4 is 4.87 Å². The molecule has 2 aromatic heterocycles. The summed E-state index contributed by atoms with van der Waals surface area (Å²) in [5.74, 6) is 0. The molecule has 0 aliphatic rings. The van der Waals surface area contributed by atoms with Gasteiger partial charge in [-0.15, -0.1) is 0 Å². The second kappa shape index (κ2) is 5.01. The molecule has 0 bridgehead atoms. The zero-order chi connectivity index (χ0) is 13.4. The summed E-state index contributed by atoms with van der Waals surface area (Å²) in [4.78, 5) is 13.1. The van der Waals surface area contributed by atoms with Crippen LogP contribution in [0.3, 0.4) is 0 Å². The van der Waals surface area contributed by atoms with Crippen molar-refractivity contribution < 1.29 is 0 Å². The topological polar surface area (TPSA) is 39.8 Å². The Labute approximate surface area is 118 Å². The second-order valence-electron chi connectivity index (χ2n) is 4.28. The molecule has 2 rings (SSSR count). The molecule has 0 saturated heterocycles. The normalized spacial score (nSPS) is 11.2. The Morgan fingerprint density at radius 2 is 2.06 bits per heavy atom. The monoisotopic (exact) mass is 329 g/mol. The lowest BCUT2D eigenvalue weighted by Gasteiger charge is -2.06. The molecule has 2 heterocycles. The van der Waals surface area contributed by atoms with E-state index in [1.807, 2.05) is 25.6 Å². The fraction of sp³-hybridized carbons (Fsp3) is 0.500. The fourth-order valence-corrected chi connectivity index (χ4v) is 3.48. The molecular weight excluding hydrogens is 314 g/mol. The molecule has 0 spiro atoms. The lowest BCUT2D eigenvalue weighted by Crippen LogP contribution is -2.17. The summed E-state index contributed by atoms with van der Waals surface area (Å²) in [5.41, 5.74) is 3.11. The average molecular weight is 330 g/mol. The van der Waals surface area contributed by atoms with E-state index in [9.17, 15) is 4.79 Å². The first-order valence-corrected chi connectivity index (χ1v) is 7.43. The predicted molar refractivity (Wildman–Crippen MR) is 77.4 cm³/mol. The fourth-order valence-electron chi connectivity index (χ4n) is 1.91. The molecule has 4 nitrogen and oxygen atoms in total. The molecule has 0 aliphatic carbocycles. The van der Waals surface area contributed by atoms with Crippen LogP contribution in [-0.2, 0) is 20.0 Å². The quantitative estimate of drug-likeness (QED) is 0.868. The number of halogens is 1. The van der Waals surface area contributed by atoms with Crippen molar-refractivity contribution >= 4 is 27.3 Å². The third kappa shape index (κ3) is 2.19. The van der Waals surface area contributed by atoms with Crippen LogP contribution in [0.2, 0.25) is 0 Å². The van der Waals surface area contributed by atoms with Crippen molar-refractivity contribution in [3.8, 4) is 0 Å². The maximum absolute atomic E-state index is 11.9. The van der Waals surface area contributed by atoms with Crippen LogP contribution in [0.25, 0.3) is 0 Å². The average Bonchev–Trinajstić information content (AvgIpc) is 2.72. The molecular formula is C12H16BrN3OS. The summed E-state index contributed by atoms with van der Waals surface area (Å²) >= 11 is 4.88. The number of hydrogen-bond acceptors (Lipinski definition) is 3. The van der Waals surface area contributed by atoms with Crippen molar-refractivity contribution in [2.24, 2.45) is 7.05 Å². The summed E-state index contributed by atoms with van der Waals surface area (Å²) in [6.45, 7) is 6.61. The Morgan fingerprint density at radius 3 is 2.50 bits per heavy atom. The predicted octanol–water partition coefficient (Wildman–Crippen LogP) is 2.63. The van der Waals surface area contributed by atoms with Crippen LogP contribution in [0, 0.1) is 13.8 Å². The number of thiazole rings is 1. The zero-order valence-electron chi connectivity index (χ0n) is 11.0. The molecule has 0 atom stereocenters. The van der Waals surface area contributed by atoms with Gasteiger partial charge in [-0.1, -0.05) is 18.3 Å². The molecule has 0 fully saturated rings. The number of hydrogen-bond donors (Lipinski definition) is 0. The smallest absolute Gasteiger partial charge is 0.297 e. The summed E-state index contributed by atoms with van der Waals surface area (Å²) in [6.07, 6.45) is 0.880. The van der Waals surface area contributed by atoms with Crippen molar-refractivity contribution in [1.82, 2.24) is 14.3 Å². The van der Waals surface area contributed by atoms with E-state index in [-0.39, 0.29) is 4.87 Å². The molecule has 98 valence electrons. The highest BCUT2D eigenvalue weighted by Gasteiger charge is 2.15. The van der Waals surface area contributed by atoms with E-state index in [0.29, 0.717) is 6.54 Å². The summed E-state index contributed by atoms with van der Waals surface area (Å²) < 4.78 is 4.67. The van der Waals surface area contributed by atoms with Gasteiger partial charge in [-0.2, -0.15) is 5.10 Å². The molecule has 6 heteroatoms. The highest BCUT2D eigenvalue weighted by atomic mass is 79.9. The number of rotatable bonds is 3. The molecule has 18 heavy (non-hydrogen) atoms. The van der Waals surface area contributed by atoms with Gasteiger partial charge in [0.1, 0.15) is 0 Å². The summed E-state index contributed by atoms with van der Waals surface area (Å²) in [5, 5.41) is 4.45. The molecule has 0 N–H and O–H groups in total. The first kappa shape index (κ1) is 13.5. The minimum Gasteiger partial charge on any atom is -0.297 e. The highest BCUT2D eigenvalue weighted by Crippen LogP contribution is 2.23. The Kier molecular flexibility index (Phi) is 3.77. The van der Waals surface area contributed by atoms with Gasteiger partial charge in [-0.3, -0.25) is 14.0 Å². The Balaban J connectivity index is 2.46. The van der Waals surface area contributed by atoms with Gasteiger partial charge in [0.15, 0.2) is 0 Å². The lowest BCUT2D eigenvalue weighted by molar-refractivity contribution is 0.645. The first-order chi connectivity index (χ1) is 8.45. The van der Waals surface area contributed by atoms with Crippen LogP contribution in [0.5, 0.6) is 0 Å². The van der Waals surface area contributed by atoms with Crippen LogP contribution in [-0.4, -0.2) is 14.3 Å². The Hall–Kier alpha value is -0.880. The third-order valence-electron chi connectivity index (χ3n) is 3.19. The number of aromatic nitrogens is 3. The Morgan fingerprint density at radius 1 is 1.39 bits per heavy atom. The molecule has 0 amide bonds. The van der Waals surface area contributed by atoms with Gasteiger partial charge in [0.05, 0.1) is 22.4 Å². The number of aryl methyl sites for hydroxylation is 3. The highest BCUT2D eigenvalue weighted by molar-refractivity contribution is 9.10. The minimum atomic E-state index is 0.0937. The van der Waals surface area contributed by atoms with E-state index >= 15 is 0 Å². The molecule has 0 aromatic carbocycles. The standard InChI is InChI=1S/C12H16BrN3OS/c1-5-9-11(13)10(15(4)14-9)6-16-7(2)8(3)18-12(16)17/h5-6H2,1-4H3. The van der Waals surface area contributed by atoms with E-state index in [1.165, 1.54) is 11.3 Å². The van der Waals surface area contributed by atoms with Gasteiger partial charge in [-0.25, -0.2) is 0 Å². The second-order valence-corrected chi connectivity index (χ2v) is 6.24. The van der Waals surface area contributed by atoms with Crippen LogP contribution >= 0.6 is 27.3 Å².